The van der Waals surface area contributed by atoms with Gasteiger partial charge in [-0.25, -0.2) is 9.97 Å². The molecule has 36 heavy (non-hydrogen) atoms. The van der Waals surface area contributed by atoms with Gasteiger partial charge in [-0.1, -0.05) is 57.7 Å². The summed E-state index contributed by atoms with van der Waals surface area (Å²) in [5.74, 6) is 2.26. The number of amides is 1. The molecule has 1 aliphatic rings. The maximum absolute atomic E-state index is 12.6. The van der Waals surface area contributed by atoms with Crippen LogP contribution in [0.1, 0.15) is 55.2 Å². The Balaban J connectivity index is 1.62. The standard InChI is InChI=1S/C29H36N6O/c1-5-7-9-21(4)32-29(36)23-13-11-22(12-14-23)25-26-27(30)31-15-17-35(26)28(33-25)24-10-8-16-34(19-24)18-20(3)6-2/h5,7,9,11-15,17,20,24H,1,4,6,8,10,16,18-19H2,2-3H3,(H2,30,31)(H,32,36). The average Bonchev–Trinajstić information content (AvgIpc) is 3.28. The molecule has 0 saturated carbocycles. The molecule has 3 N–H and O–H groups in total. The fraction of sp³-hybridized carbons (Fsp3) is 0.345. The quantitative estimate of drug-likeness (QED) is 0.408. The molecule has 2 unspecified atom stereocenters. The van der Waals surface area contributed by atoms with Crippen molar-refractivity contribution in [2.24, 2.45) is 5.92 Å². The van der Waals surface area contributed by atoms with Gasteiger partial charge in [0.2, 0.25) is 0 Å². The van der Waals surface area contributed by atoms with Gasteiger partial charge in [-0.15, -0.1) is 0 Å². The van der Waals surface area contributed by atoms with Crippen molar-refractivity contribution in [3.63, 3.8) is 0 Å². The summed E-state index contributed by atoms with van der Waals surface area (Å²) < 4.78 is 2.10. The Morgan fingerprint density at radius 3 is 2.83 bits per heavy atom. The molecule has 7 nitrogen and oxygen atoms in total. The molecule has 0 bridgehead atoms. The van der Waals surface area contributed by atoms with E-state index in [2.05, 4.69) is 46.6 Å². The number of nitrogen functional groups attached to an aromatic ring is 1. The van der Waals surface area contributed by atoms with Crippen molar-refractivity contribution in [3.05, 3.63) is 85.1 Å². The summed E-state index contributed by atoms with van der Waals surface area (Å²) in [5, 5.41) is 2.78. The number of rotatable bonds is 9. The van der Waals surface area contributed by atoms with Crippen LogP contribution in [0.4, 0.5) is 5.82 Å². The number of carbonyl (C=O) groups is 1. The van der Waals surface area contributed by atoms with E-state index in [0.717, 1.165) is 55.1 Å². The molecule has 0 spiro atoms. The third-order valence-corrected chi connectivity index (χ3v) is 6.88. The van der Waals surface area contributed by atoms with Crippen LogP contribution in [0.3, 0.4) is 0 Å². The number of hydrogen-bond donors (Lipinski definition) is 2. The zero-order chi connectivity index (χ0) is 25.7. The number of anilines is 1. The zero-order valence-corrected chi connectivity index (χ0v) is 21.3. The van der Waals surface area contributed by atoms with E-state index in [-0.39, 0.29) is 5.91 Å². The van der Waals surface area contributed by atoms with Gasteiger partial charge >= 0.3 is 0 Å². The topological polar surface area (TPSA) is 88.5 Å². The van der Waals surface area contributed by atoms with Gasteiger partial charge in [0.1, 0.15) is 22.9 Å². The molecule has 1 fully saturated rings. The van der Waals surface area contributed by atoms with Crippen LogP contribution in [0, 0.1) is 5.92 Å². The fourth-order valence-electron chi connectivity index (χ4n) is 4.80. The van der Waals surface area contributed by atoms with E-state index in [1.54, 1.807) is 36.6 Å². The summed E-state index contributed by atoms with van der Waals surface area (Å²) in [6.45, 7) is 15.3. The second-order valence-electron chi connectivity index (χ2n) is 9.61. The van der Waals surface area contributed by atoms with E-state index in [1.807, 2.05) is 18.3 Å². The molecule has 0 radical (unpaired) electrons. The van der Waals surface area contributed by atoms with Crippen molar-refractivity contribution in [1.29, 1.82) is 0 Å². The number of benzene rings is 1. The van der Waals surface area contributed by atoms with E-state index in [1.165, 1.54) is 6.42 Å². The van der Waals surface area contributed by atoms with E-state index >= 15 is 0 Å². The number of aromatic nitrogens is 3. The van der Waals surface area contributed by atoms with Gasteiger partial charge in [0, 0.05) is 48.2 Å². The van der Waals surface area contributed by atoms with E-state index in [0.29, 0.717) is 28.9 Å². The number of piperidine rings is 1. The zero-order valence-electron chi connectivity index (χ0n) is 21.3. The highest BCUT2D eigenvalue weighted by Gasteiger charge is 2.27. The lowest BCUT2D eigenvalue weighted by molar-refractivity contribution is 0.0967. The first-order valence-electron chi connectivity index (χ1n) is 12.7. The van der Waals surface area contributed by atoms with Crippen molar-refractivity contribution in [3.8, 4) is 11.3 Å². The Morgan fingerprint density at radius 2 is 2.11 bits per heavy atom. The van der Waals surface area contributed by atoms with Gasteiger partial charge in [-0.05, 0) is 43.5 Å². The molecule has 4 rings (SSSR count). The van der Waals surface area contributed by atoms with Gasteiger partial charge in [-0.2, -0.15) is 0 Å². The van der Waals surface area contributed by atoms with Crippen molar-refractivity contribution in [2.45, 2.75) is 39.0 Å². The summed E-state index contributed by atoms with van der Waals surface area (Å²) in [6, 6.07) is 7.40. The van der Waals surface area contributed by atoms with E-state index in [4.69, 9.17) is 10.7 Å². The number of nitrogens with zero attached hydrogens (tertiary/aromatic N) is 4. The van der Waals surface area contributed by atoms with Crippen LogP contribution in [0.2, 0.25) is 0 Å². The van der Waals surface area contributed by atoms with Gasteiger partial charge in [0.05, 0.1) is 0 Å². The van der Waals surface area contributed by atoms with Crippen LogP contribution in [0.15, 0.2) is 73.7 Å². The molecule has 2 aromatic heterocycles. The molecule has 2 atom stereocenters. The molecular formula is C29H36N6O. The Bertz CT molecular complexity index is 1270. The first-order chi connectivity index (χ1) is 17.4. The molecule has 188 valence electrons. The van der Waals surface area contributed by atoms with Crippen LogP contribution in [-0.4, -0.2) is 44.8 Å². The lowest BCUT2D eigenvalue weighted by Gasteiger charge is -2.33. The van der Waals surface area contributed by atoms with E-state index in [9.17, 15) is 4.79 Å². The van der Waals surface area contributed by atoms with Gasteiger partial charge in [0.25, 0.3) is 5.91 Å². The molecule has 7 heteroatoms. The first-order valence-corrected chi connectivity index (χ1v) is 12.7. The number of fused-ring (bicyclic) bond motifs is 1. The van der Waals surface area contributed by atoms with Crippen LogP contribution in [0.25, 0.3) is 16.8 Å². The van der Waals surface area contributed by atoms with Crippen molar-refractivity contribution in [2.75, 3.05) is 25.4 Å². The van der Waals surface area contributed by atoms with Crippen molar-refractivity contribution in [1.82, 2.24) is 24.6 Å². The summed E-state index contributed by atoms with van der Waals surface area (Å²) in [6.07, 6.45) is 12.2. The summed E-state index contributed by atoms with van der Waals surface area (Å²) >= 11 is 0. The average molecular weight is 485 g/mol. The smallest absolute Gasteiger partial charge is 0.255 e. The van der Waals surface area contributed by atoms with Crippen LogP contribution in [0.5, 0.6) is 0 Å². The third kappa shape index (κ3) is 5.57. The van der Waals surface area contributed by atoms with Crippen molar-refractivity contribution < 1.29 is 4.79 Å². The Morgan fingerprint density at radius 1 is 1.33 bits per heavy atom. The Hall–Kier alpha value is -3.71. The fourth-order valence-corrected chi connectivity index (χ4v) is 4.80. The number of nitrogens with one attached hydrogen (secondary N) is 1. The second-order valence-corrected chi connectivity index (χ2v) is 9.61. The normalized spacial score (nSPS) is 17.3. The second kappa shape index (κ2) is 11.4. The molecular weight excluding hydrogens is 448 g/mol. The highest BCUT2D eigenvalue weighted by Crippen LogP contribution is 2.34. The predicted molar refractivity (Wildman–Crippen MR) is 147 cm³/mol. The molecule has 1 amide bonds. The lowest BCUT2D eigenvalue weighted by Crippen LogP contribution is -2.37. The Labute approximate surface area is 213 Å². The summed E-state index contributed by atoms with van der Waals surface area (Å²) in [5.41, 5.74) is 9.89. The maximum atomic E-state index is 12.6. The van der Waals surface area contributed by atoms with Crippen LogP contribution in [-0.2, 0) is 0 Å². The third-order valence-electron chi connectivity index (χ3n) is 6.88. The maximum Gasteiger partial charge on any atom is 0.255 e. The van der Waals surface area contributed by atoms with Gasteiger partial charge in [0.15, 0.2) is 0 Å². The molecule has 1 aliphatic heterocycles. The molecule has 1 aromatic carbocycles. The largest absolute Gasteiger partial charge is 0.382 e. The van der Waals surface area contributed by atoms with Crippen LogP contribution >= 0.6 is 0 Å². The minimum Gasteiger partial charge on any atom is -0.382 e. The summed E-state index contributed by atoms with van der Waals surface area (Å²) in [4.78, 5) is 24.6. The number of carbonyl (C=O) groups excluding carboxylic acids is 1. The molecule has 0 aliphatic carbocycles. The SMILES string of the molecule is C=CC=CC(=C)NC(=O)c1ccc(-c2nc(C3CCCN(CC(C)CC)C3)n3ccnc(N)c23)cc1. The van der Waals surface area contributed by atoms with Crippen LogP contribution < -0.4 is 11.1 Å². The number of hydrogen-bond acceptors (Lipinski definition) is 5. The highest BCUT2D eigenvalue weighted by molar-refractivity contribution is 5.96. The summed E-state index contributed by atoms with van der Waals surface area (Å²) in [7, 11) is 0. The van der Waals surface area contributed by atoms with E-state index < -0.39 is 0 Å². The minimum absolute atomic E-state index is 0.222. The number of nitrogens with two attached hydrogens (primary N) is 1. The molecule has 3 aromatic rings. The first kappa shape index (κ1) is 25.4. The molecule has 3 heterocycles. The predicted octanol–water partition coefficient (Wildman–Crippen LogP) is 5.19. The number of allylic oxidation sites excluding steroid dienone is 3. The Kier molecular flexibility index (Phi) is 8.00. The minimum atomic E-state index is -0.222. The van der Waals surface area contributed by atoms with Gasteiger partial charge in [-0.3, -0.25) is 9.20 Å². The van der Waals surface area contributed by atoms with Gasteiger partial charge < -0.3 is 16.0 Å². The van der Waals surface area contributed by atoms with Crippen molar-refractivity contribution >= 4 is 17.2 Å². The molecule has 1 saturated heterocycles. The highest BCUT2D eigenvalue weighted by atomic mass is 16.1. The number of likely N-dealkylation sites (tertiary alicyclic amines) is 1. The monoisotopic (exact) mass is 484 g/mol. The lowest BCUT2D eigenvalue weighted by atomic mass is 9.96. The number of imidazole rings is 1.